The molecule has 172 valence electrons. The van der Waals surface area contributed by atoms with E-state index in [1.807, 2.05) is 36.9 Å². The topological polar surface area (TPSA) is 64.1 Å². The molecule has 0 radical (unpaired) electrons. The van der Waals surface area contributed by atoms with Gasteiger partial charge in [-0.1, -0.05) is 12.1 Å². The standard InChI is InChI=1S/C25H33N3O4/c1-3-31-23-8-4-6-20-17-27-11-5-7-21(27)18-28(12-13-30-14-15-32-24(20)23)25(29)22-9-10-26-16-19(22)2/h4,6,8-10,16,21H,3,5,7,11-15,17-18H2,1-2H3/t21-/m0/s1. The fourth-order valence-electron chi connectivity index (χ4n) is 4.54. The lowest BCUT2D eigenvalue weighted by molar-refractivity contribution is 0.0538. The third-order valence-corrected chi connectivity index (χ3v) is 6.18. The summed E-state index contributed by atoms with van der Waals surface area (Å²) in [5, 5.41) is 0. The first-order valence-corrected chi connectivity index (χ1v) is 11.6. The van der Waals surface area contributed by atoms with Crippen molar-refractivity contribution < 1.29 is 19.0 Å². The van der Waals surface area contributed by atoms with Crippen LogP contribution in [-0.2, 0) is 11.3 Å². The summed E-state index contributed by atoms with van der Waals surface area (Å²) in [4.78, 5) is 21.9. The number of amides is 1. The highest BCUT2D eigenvalue weighted by atomic mass is 16.5. The van der Waals surface area contributed by atoms with E-state index in [4.69, 9.17) is 14.2 Å². The number of rotatable bonds is 3. The van der Waals surface area contributed by atoms with Gasteiger partial charge in [0.1, 0.15) is 6.61 Å². The Morgan fingerprint density at radius 1 is 1.22 bits per heavy atom. The fourth-order valence-corrected chi connectivity index (χ4v) is 4.54. The van der Waals surface area contributed by atoms with Crippen molar-refractivity contribution in [3.63, 3.8) is 0 Å². The predicted molar refractivity (Wildman–Crippen MR) is 122 cm³/mol. The Morgan fingerprint density at radius 2 is 2.12 bits per heavy atom. The monoisotopic (exact) mass is 439 g/mol. The van der Waals surface area contributed by atoms with Crippen LogP contribution in [0.5, 0.6) is 11.5 Å². The molecule has 0 spiro atoms. The van der Waals surface area contributed by atoms with E-state index in [1.54, 1.807) is 12.4 Å². The molecular formula is C25H33N3O4. The van der Waals surface area contributed by atoms with Crippen molar-refractivity contribution in [3.05, 3.63) is 53.3 Å². The molecule has 0 unspecified atom stereocenters. The fraction of sp³-hybridized carbons (Fsp3) is 0.520. The average Bonchev–Trinajstić information content (AvgIpc) is 3.23. The molecule has 32 heavy (non-hydrogen) atoms. The Bertz CT molecular complexity index is 920. The Kier molecular flexibility index (Phi) is 7.60. The van der Waals surface area contributed by atoms with E-state index in [1.165, 1.54) is 0 Å². The number of para-hydroxylation sites is 1. The minimum Gasteiger partial charge on any atom is -0.490 e. The summed E-state index contributed by atoms with van der Waals surface area (Å²) < 4.78 is 17.8. The number of benzene rings is 1. The summed E-state index contributed by atoms with van der Waals surface area (Å²) in [6.45, 7) is 8.92. The van der Waals surface area contributed by atoms with Gasteiger partial charge < -0.3 is 19.1 Å². The van der Waals surface area contributed by atoms with Crippen LogP contribution in [0.2, 0.25) is 0 Å². The molecule has 0 bridgehead atoms. The van der Waals surface area contributed by atoms with Gasteiger partial charge in [-0.2, -0.15) is 0 Å². The average molecular weight is 440 g/mol. The van der Waals surface area contributed by atoms with Gasteiger partial charge in [0, 0.05) is 49.2 Å². The molecule has 2 aromatic rings. The van der Waals surface area contributed by atoms with Crippen molar-refractivity contribution >= 4 is 5.91 Å². The van der Waals surface area contributed by atoms with Crippen LogP contribution in [0, 0.1) is 6.92 Å². The van der Waals surface area contributed by atoms with Crippen molar-refractivity contribution in [3.8, 4) is 11.5 Å². The number of nitrogens with zero attached hydrogens (tertiary/aromatic N) is 3. The molecule has 1 saturated heterocycles. The van der Waals surface area contributed by atoms with E-state index >= 15 is 0 Å². The molecule has 7 nitrogen and oxygen atoms in total. The number of aryl methyl sites for hydroxylation is 1. The van der Waals surface area contributed by atoms with Crippen LogP contribution in [0.4, 0.5) is 0 Å². The maximum Gasteiger partial charge on any atom is 0.254 e. The third-order valence-electron chi connectivity index (χ3n) is 6.18. The quantitative estimate of drug-likeness (QED) is 0.731. The molecule has 4 rings (SSSR count). The normalized spacial score (nSPS) is 20.2. The van der Waals surface area contributed by atoms with Gasteiger partial charge in [-0.05, 0) is 50.9 Å². The SMILES string of the molecule is CCOc1cccc2c1OCCOCCN(C(=O)c1ccncc1C)C[C@@H]1CCCN1C2. The maximum atomic E-state index is 13.4. The van der Waals surface area contributed by atoms with E-state index in [0.29, 0.717) is 51.1 Å². The Hall–Kier alpha value is -2.64. The van der Waals surface area contributed by atoms with E-state index in [-0.39, 0.29) is 5.91 Å². The van der Waals surface area contributed by atoms with Crippen molar-refractivity contribution in [2.24, 2.45) is 0 Å². The third kappa shape index (κ3) is 5.22. The Morgan fingerprint density at radius 3 is 2.97 bits per heavy atom. The number of fused-ring (bicyclic) bond motifs is 2. The zero-order chi connectivity index (χ0) is 22.3. The summed E-state index contributed by atoms with van der Waals surface area (Å²) in [6, 6.07) is 8.20. The zero-order valence-electron chi connectivity index (χ0n) is 19.1. The molecule has 0 N–H and O–H groups in total. The number of aromatic nitrogens is 1. The molecule has 1 aromatic heterocycles. The van der Waals surface area contributed by atoms with Crippen LogP contribution in [0.25, 0.3) is 0 Å². The van der Waals surface area contributed by atoms with E-state index in [9.17, 15) is 4.79 Å². The maximum absolute atomic E-state index is 13.4. The number of ether oxygens (including phenoxy) is 3. The zero-order valence-corrected chi connectivity index (χ0v) is 19.1. The van der Waals surface area contributed by atoms with Crippen LogP contribution in [-0.4, -0.2) is 72.8 Å². The second-order valence-corrected chi connectivity index (χ2v) is 8.35. The largest absolute Gasteiger partial charge is 0.490 e. The first-order chi connectivity index (χ1) is 15.7. The first kappa shape index (κ1) is 22.6. The van der Waals surface area contributed by atoms with Crippen molar-refractivity contribution in [1.29, 1.82) is 0 Å². The van der Waals surface area contributed by atoms with Gasteiger partial charge >= 0.3 is 0 Å². The van der Waals surface area contributed by atoms with Gasteiger partial charge in [0.25, 0.3) is 5.91 Å². The summed E-state index contributed by atoms with van der Waals surface area (Å²) in [6.07, 6.45) is 5.63. The lowest BCUT2D eigenvalue weighted by Crippen LogP contribution is -2.44. The number of carbonyl (C=O) groups is 1. The molecule has 1 aromatic carbocycles. The highest BCUT2D eigenvalue weighted by Gasteiger charge is 2.30. The first-order valence-electron chi connectivity index (χ1n) is 11.6. The van der Waals surface area contributed by atoms with Gasteiger partial charge in [0.05, 0.1) is 19.8 Å². The Balaban J connectivity index is 1.59. The lowest BCUT2D eigenvalue weighted by atomic mass is 10.1. The Labute approximate surface area is 190 Å². The van der Waals surface area contributed by atoms with Gasteiger partial charge in [-0.25, -0.2) is 0 Å². The van der Waals surface area contributed by atoms with E-state index < -0.39 is 0 Å². The van der Waals surface area contributed by atoms with Crippen molar-refractivity contribution in [1.82, 2.24) is 14.8 Å². The molecule has 3 heterocycles. The smallest absolute Gasteiger partial charge is 0.254 e. The van der Waals surface area contributed by atoms with Crippen LogP contribution in [0.3, 0.4) is 0 Å². The highest BCUT2D eigenvalue weighted by Crippen LogP contribution is 2.34. The van der Waals surface area contributed by atoms with Crippen molar-refractivity contribution in [2.75, 3.05) is 46.1 Å². The summed E-state index contributed by atoms with van der Waals surface area (Å²) in [7, 11) is 0. The molecule has 0 aliphatic carbocycles. The van der Waals surface area contributed by atoms with Gasteiger partial charge in [-0.15, -0.1) is 0 Å². The van der Waals surface area contributed by atoms with Crippen LogP contribution >= 0.6 is 0 Å². The molecule has 1 atom stereocenters. The molecule has 0 saturated carbocycles. The summed E-state index contributed by atoms with van der Waals surface area (Å²) in [5.74, 6) is 1.63. The van der Waals surface area contributed by atoms with E-state index in [2.05, 4.69) is 16.0 Å². The number of hydrogen-bond donors (Lipinski definition) is 0. The van der Waals surface area contributed by atoms with Gasteiger partial charge in [0.2, 0.25) is 0 Å². The minimum absolute atomic E-state index is 0.0468. The predicted octanol–water partition coefficient (Wildman–Crippen LogP) is 3.30. The second kappa shape index (κ2) is 10.8. The number of hydrogen-bond acceptors (Lipinski definition) is 6. The van der Waals surface area contributed by atoms with Gasteiger partial charge in [-0.3, -0.25) is 14.7 Å². The number of pyridine rings is 1. The lowest BCUT2D eigenvalue weighted by Gasteiger charge is -2.31. The van der Waals surface area contributed by atoms with Crippen LogP contribution in [0.15, 0.2) is 36.7 Å². The molecule has 7 heteroatoms. The molecule has 2 aliphatic rings. The highest BCUT2D eigenvalue weighted by molar-refractivity contribution is 5.95. The van der Waals surface area contributed by atoms with Crippen LogP contribution in [0.1, 0.15) is 41.3 Å². The summed E-state index contributed by atoms with van der Waals surface area (Å²) in [5.41, 5.74) is 2.73. The molecule has 1 fully saturated rings. The molecule has 2 aliphatic heterocycles. The van der Waals surface area contributed by atoms with Gasteiger partial charge in [0.15, 0.2) is 11.5 Å². The van der Waals surface area contributed by atoms with Crippen LogP contribution < -0.4 is 9.47 Å². The molecule has 1 amide bonds. The number of carbonyl (C=O) groups excluding carboxylic acids is 1. The minimum atomic E-state index is 0.0468. The summed E-state index contributed by atoms with van der Waals surface area (Å²) >= 11 is 0. The molecular weight excluding hydrogens is 406 g/mol. The van der Waals surface area contributed by atoms with E-state index in [0.717, 1.165) is 48.6 Å². The van der Waals surface area contributed by atoms with Crippen molar-refractivity contribution in [2.45, 2.75) is 39.3 Å². The second-order valence-electron chi connectivity index (χ2n) is 8.35.